The summed E-state index contributed by atoms with van der Waals surface area (Å²) in [4.78, 5) is 24.8. The minimum Gasteiger partial charge on any atom is -0.497 e. The van der Waals surface area contributed by atoms with Gasteiger partial charge < -0.3 is 14.6 Å². The maximum atomic E-state index is 12.5. The van der Waals surface area contributed by atoms with E-state index in [1.807, 2.05) is 30.3 Å². The molecule has 2 amide bonds. The Labute approximate surface area is 192 Å². The van der Waals surface area contributed by atoms with Crippen molar-refractivity contribution < 1.29 is 14.3 Å². The van der Waals surface area contributed by atoms with E-state index in [-0.39, 0.29) is 18.2 Å². The second kappa shape index (κ2) is 9.56. The van der Waals surface area contributed by atoms with Gasteiger partial charge in [-0.25, -0.2) is 5.43 Å². The van der Waals surface area contributed by atoms with Crippen LogP contribution in [0.1, 0.15) is 30.6 Å². The lowest BCUT2D eigenvalue weighted by Gasteiger charge is -2.07. The van der Waals surface area contributed by atoms with E-state index >= 15 is 0 Å². The molecule has 1 aromatic heterocycles. The van der Waals surface area contributed by atoms with Crippen LogP contribution in [-0.2, 0) is 11.3 Å². The molecule has 0 fully saturated rings. The molecule has 4 rings (SSSR count). The van der Waals surface area contributed by atoms with Gasteiger partial charge in [-0.2, -0.15) is 5.10 Å². The Hall–Kier alpha value is -4.13. The number of nitrogens with zero attached hydrogens (tertiary/aromatic N) is 2. The van der Waals surface area contributed by atoms with Crippen LogP contribution in [0.5, 0.6) is 5.75 Å². The fraction of sp³-hybridized carbons (Fsp3) is 0.192. The molecule has 0 saturated carbocycles. The van der Waals surface area contributed by atoms with Crippen molar-refractivity contribution >= 4 is 45.0 Å². The third-order valence-electron chi connectivity index (χ3n) is 5.49. The van der Waals surface area contributed by atoms with Crippen LogP contribution in [0.3, 0.4) is 0 Å². The number of hydrogen-bond donors (Lipinski definition) is 2. The number of aryl methyl sites for hydroxylation is 1. The molecule has 0 radical (unpaired) electrons. The van der Waals surface area contributed by atoms with E-state index < -0.39 is 0 Å². The van der Waals surface area contributed by atoms with Crippen molar-refractivity contribution in [3.05, 3.63) is 72.3 Å². The molecule has 0 atom stereocenters. The summed E-state index contributed by atoms with van der Waals surface area (Å²) in [6, 6.07) is 20.9. The number of ether oxygens (including phenoxy) is 1. The Balaban J connectivity index is 1.42. The predicted octanol–water partition coefficient (Wildman–Crippen LogP) is 4.96. The molecular weight excluding hydrogens is 416 g/mol. The molecule has 0 spiro atoms. The molecule has 1 heterocycles. The van der Waals surface area contributed by atoms with Crippen molar-refractivity contribution in [1.82, 2.24) is 9.99 Å². The highest BCUT2D eigenvalue weighted by Crippen LogP contribution is 2.31. The Morgan fingerprint density at radius 2 is 1.70 bits per heavy atom. The molecule has 2 N–H and O–H groups in total. The zero-order chi connectivity index (χ0) is 23.4. The zero-order valence-electron chi connectivity index (χ0n) is 18.9. The number of rotatable bonds is 7. The number of hydrogen-bond acceptors (Lipinski definition) is 4. The summed E-state index contributed by atoms with van der Waals surface area (Å²) < 4.78 is 7.35. The van der Waals surface area contributed by atoms with E-state index in [4.69, 9.17) is 4.74 Å². The second-order valence-corrected chi connectivity index (χ2v) is 7.73. The largest absolute Gasteiger partial charge is 0.497 e. The number of nitrogens with one attached hydrogen (secondary N) is 2. The summed E-state index contributed by atoms with van der Waals surface area (Å²) >= 11 is 0. The van der Waals surface area contributed by atoms with Crippen LogP contribution < -0.4 is 15.5 Å². The Bertz CT molecular complexity index is 1350. The fourth-order valence-corrected chi connectivity index (χ4v) is 3.90. The van der Waals surface area contributed by atoms with Crippen molar-refractivity contribution in [2.24, 2.45) is 5.10 Å². The van der Waals surface area contributed by atoms with Gasteiger partial charge in [-0.1, -0.05) is 18.2 Å². The number of amides is 2. The van der Waals surface area contributed by atoms with Gasteiger partial charge in [0, 0.05) is 45.3 Å². The molecule has 0 aliphatic rings. The van der Waals surface area contributed by atoms with Crippen molar-refractivity contribution in [2.45, 2.75) is 26.8 Å². The quantitative estimate of drug-likeness (QED) is 0.313. The van der Waals surface area contributed by atoms with Gasteiger partial charge in [0.1, 0.15) is 5.75 Å². The first kappa shape index (κ1) is 22.1. The highest BCUT2D eigenvalue weighted by atomic mass is 16.5. The van der Waals surface area contributed by atoms with Crippen LogP contribution in [0.4, 0.5) is 5.69 Å². The van der Waals surface area contributed by atoms with E-state index in [0.29, 0.717) is 17.0 Å². The third kappa shape index (κ3) is 4.72. The first-order valence-corrected chi connectivity index (χ1v) is 10.8. The van der Waals surface area contributed by atoms with Crippen LogP contribution in [0.2, 0.25) is 0 Å². The molecule has 168 valence electrons. The minimum absolute atomic E-state index is 0.0671. The Morgan fingerprint density at radius 1 is 0.970 bits per heavy atom. The molecule has 0 saturated heterocycles. The number of carbonyl (C=O) groups is 2. The van der Waals surface area contributed by atoms with E-state index in [0.717, 1.165) is 28.5 Å². The highest BCUT2D eigenvalue weighted by molar-refractivity contribution is 6.11. The van der Waals surface area contributed by atoms with Gasteiger partial charge in [0.15, 0.2) is 0 Å². The van der Waals surface area contributed by atoms with Gasteiger partial charge in [0.25, 0.3) is 5.91 Å². The lowest BCUT2D eigenvalue weighted by molar-refractivity contribution is -0.115. The van der Waals surface area contributed by atoms with Gasteiger partial charge in [-0.15, -0.1) is 0 Å². The molecule has 33 heavy (non-hydrogen) atoms. The van der Waals surface area contributed by atoms with E-state index in [1.54, 1.807) is 38.3 Å². The molecule has 0 bridgehead atoms. The first-order chi connectivity index (χ1) is 16.0. The van der Waals surface area contributed by atoms with Gasteiger partial charge in [-0.05, 0) is 62.4 Å². The summed E-state index contributed by atoms with van der Waals surface area (Å²) in [6.45, 7) is 4.69. The maximum Gasteiger partial charge on any atom is 0.271 e. The number of methoxy groups -OCH3 is 1. The molecule has 0 aliphatic carbocycles. The normalized spacial score (nSPS) is 11.5. The Morgan fingerprint density at radius 3 is 2.42 bits per heavy atom. The van der Waals surface area contributed by atoms with Crippen molar-refractivity contribution in [2.75, 3.05) is 12.4 Å². The third-order valence-corrected chi connectivity index (χ3v) is 5.49. The zero-order valence-corrected chi connectivity index (χ0v) is 18.9. The van der Waals surface area contributed by atoms with Crippen LogP contribution >= 0.6 is 0 Å². The van der Waals surface area contributed by atoms with Gasteiger partial charge in [0.05, 0.1) is 13.5 Å². The molecule has 7 nitrogen and oxygen atoms in total. The topological polar surface area (TPSA) is 84.7 Å². The van der Waals surface area contributed by atoms with Crippen molar-refractivity contribution in [1.29, 1.82) is 0 Å². The number of hydrazone groups is 1. The molecule has 3 aromatic carbocycles. The summed E-state index contributed by atoms with van der Waals surface area (Å²) in [5, 5.41) is 9.24. The molecular formula is C26H26N4O3. The summed E-state index contributed by atoms with van der Waals surface area (Å²) in [6.07, 6.45) is 0.0671. The molecule has 0 unspecified atom stereocenters. The standard InChI is InChI=1S/C26H26N4O3/c1-4-30-23-8-6-5-7-21(23)22-16-19(11-14-24(22)30)27-25(31)15-17(2)28-29-26(32)18-9-12-20(33-3)13-10-18/h5-14,16H,4,15H2,1-3H3,(H,27,31)(H,29,32)/b28-17-. The minimum atomic E-state index is -0.352. The van der Waals surface area contributed by atoms with E-state index in [9.17, 15) is 9.59 Å². The van der Waals surface area contributed by atoms with Gasteiger partial charge in [-0.3, -0.25) is 9.59 Å². The number of carbonyl (C=O) groups excluding carboxylic acids is 2. The fourth-order valence-electron chi connectivity index (χ4n) is 3.90. The SMILES string of the molecule is CCn1c2ccccc2c2cc(NC(=O)C/C(C)=N\NC(=O)c3ccc(OC)cc3)ccc21. The average Bonchev–Trinajstić information content (AvgIpc) is 3.15. The van der Waals surface area contributed by atoms with E-state index in [1.165, 1.54) is 5.52 Å². The van der Waals surface area contributed by atoms with Crippen LogP contribution in [0.25, 0.3) is 21.8 Å². The first-order valence-electron chi connectivity index (χ1n) is 10.8. The van der Waals surface area contributed by atoms with Crippen molar-refractivity contribution in [3.8, 4) is 5.75 Å². The maximum absolute atomic E-state index is 12.5. The molecule has 7 heteroatoms. The van der Waals surface area contributed by atoms with Crippen molar-refractivity contribution in [3.63, 3.8) is 0 Å². The number of para-hydroxylation sites is 1. The second-order valence-electron chi connectivity index (χ2n) is 7.73. The summed E-state index contributed by atoms with van der Waals surface area (Å²) in [5.41, 5.74) is 6.47. The Kier molecular flexibility index (Phi) is 6.40. The molecule has 4 aromatic rings. The monoisotopic (exact) mass is 442 g/mol. The van der Waals surface area contributed by atoms with Crippen LogP contribution in [0, 0.1) is 0 Å². The summed E-state index contributed by atoms with van der Waals surface area (Å²) in [7, 11) is 1.56. The number of fused-ring (bicyclic) bond motifs is 3. The average molecular weight is 443 g/mol. The summed E-state index contributed by atoms with van der Waals surface area (Å²) in [5.74, 6) is 0.115. The van der Waals surface area contributed by atoms with Gasteiger partial charge >= 0.3 is 0 Å². The van der Waals surface area contributed by atoms with Gasteiger partial charge in [0.2, 0.25) is 5.91 Å². The lowest BCUT2D eigenvalue weighted by Crippen LogP contribution is -2.21. The number of benzene rings is 3. The predicted molar refractivity (Wildman–Crippen MR) is 132 cm³/mol. The number of anilines is 1. The van der Waals surface area contributed by atoms with Crippen LogP contribution in [-0.4, -0.2) is 29.2 Å². The van der Waals surface area contributed by atoms with E-state index in [2.05, 4.69) is 39.5 Å². The number of aromatic nitrogens is 1. The molecule has 0 aliphatic heterocycles. The highest BCUT2D eigenvalue weighted by Gasteiger charge is 2.12. The lowest BCUT2D eigenvalue weighted by atomic mass is 10.1. The smallest absolute Gasteiger partial charge is 0.271 e. The van der Waals surface area contributed by atoms with Crippen LogP contribution in [0.15, 0.2) is 71.8 Å².